The molecule has 0 atom stereocenters. The summed E-state index contributed by atoms with van der Waals surface area (Å²) >= 11 is 5.15. The molecule has 42 valence electrons. The van der Waals surface area contributed by atoms with Gasteiger partial charge in [0.25, 0.3) is 0 Å². The summed E-state index contributed by atoms with van der Waals surface area (Å²) in [6.45, 7) is 1.51. The normalized spacial score (nSPS) is 10.0. The molecule has 0 aliphatic heterocycles. The zero-order chi connectivity index (χ0) is 5.86. The molecule has 4 heteroatoms. The van der Waals surface area contributed by atoms with Crippen LogP contribution in [-0.4, -0.2) is 11.1 Å². The summed E-state index contributed by atoms with van der Waals surface area (Å²) in [5.41, 5.74) is 0. The Balaban J connectivity index is 0. The van der Waals surface area contributed by atoms with Crippen molar-refractivity contribution in [1.82, 2.24) is 0 Å². The predicted molar refractivity (Wildman–Crippen MR) is 27.2 cm³/mol. The Kier molecular flexibility index (Phi) is 7.84. The standard InChI is InChI=1S/C4H5ClO2.Hg/c1-3(5)2-4(6)7;/h2H,1H3,(H,6,7);/b3-2-;. The van der Waals surface area contributed by atoms with Gasteiger partial charge in [0.05, 0.1) is 0 Å². The monoisotopic (exact) mass is 322 g/mol. The van der Waals surface area contributed by atoms with Crippen LogP contribution in [0.4, 0.5) is 0 Å². The number of hydrogen-bond acceptors (Lipinski definition) is 1. The van der Waals surface area contributed by atoms with Crippen LogP contribution in [0.3, 0.4) is 0 Å². The van der Waals surface area contributed by atoms with Crippen molar-refractivity contribution in [2.45, 2.75) is 6.92 Å². The van der Waals surface area contributed by atoms with Crippen molar-refractivity contribution in [2.75, 3.05) is 0 Å². The van der Waals surface area contributed by atoms with Gasteiger partial charge in [-0.3, -0.25) is 0 Å². The van der Waals surface area contributed by atoms with E-state index in [-0.39, 0.29) is 32.7 Å². The van der Waals surface area contributed by atoms with E-state index >= 15 is 0 Å². The first-order valence-corrected chi connectivity index (χ1v) is 2.07. The van der Waals surface area contributed by atoms with Crippen LogP contribution < -0.4 is 0 Å². The Bertz CT molecular complexity index is 107. The first-order chi connectivity index (χ1) is 3.13. The van der Waals surface area contributed by atoms with Crippen LogP contribution in [0, 0.1) is 0 Å². The summed E-state index contributed by atoms with van der Waals surface area (Å²) in [6.07, 6.45) is 0.932. The third-order valence-electron chi connectivity index (χ3n) is 0.322. The third-order valence-corrected chi connectivity index (χ3v) is 0.431. The van der Waals surface area contributed by atoms with Gasteiger partial charge < -0.3 is 5.11 Å². The third kappa shape index (κ3) is 9.66. The topological polar surface area (TPSA) is 37.3 Å². The molecule has 8 heavy (non-hydrogen) atoms. The summed E-state index contributed by atoms with van der Waals surface area (Å²) in [7, 11) is 0. The molecule has 0 heterocycles. The number of aliphatic carboxylic acids is 1. The molecule has 0 aromatic rings. The van der Waals surface area contributed by atoms with Crippen LogP contribution in [-0.2, 0) is 32.5 Å². The number of carbonyl (C=O) groups is 1. The molecule has 0 spiro atoms. The number of rotatable bonds is 1. The van der Waals surface area contributed by atoms with Gasteiger partial charge in [0, 0.05) is 38.8 Å². The average Bonchev–Trinajstić information content (AvgIpc) is 1.27. The number of carboxylic acid groups (broad SMARTS) is 1. The first kappa shape index (κ1) is 11.3. The van der Waals surface area contributed by atoms with E-state index in [0.717, 1.165) is 6.08 Å². The van der Waals surface area contributed by atoms with Gasteiger partial charge in [-0.25, -0.2) is 4.79 Å². The van der Waals surface area contributed by atoms with Crippen LogP contribution in [0.2, 0.25) is 0 Å². The van der Waals surface area contributed by atoms with Crippen LogP contribution in [0.25, 0.3) is 0 Å². The van der Waals surface area contributed by atoms with Crippen LogP contribution in [0.1, 0.15) is 6.92 Å². The zero-order valence-electron chi connectivity index (χ0n) is 4.52. The predicted octanol–water partition coefficient (Wildman–Crippen LogP) is 1.21. The van der Waals surface area contributed by atoms with E-state index in [1.165, 1.54) is 6.92 Å². The first-order valence-electron chi connectivity index (χ1n) is 1.69. The molecule has 0 saturated heterocycles. The van der Waals surface area contributed by atoms with Gasteiger partial charge in [-0.1, -0.05) is 11.6 Å². The molecular weight excluding hydrogens is 316 g/mol. The van der Waals surface area contributed by atoms with Crippen LogP contribution in [0.15, 0.2) is 11.1 Å². The maximum absolute atomic E-state index is 9.65. The molecule has 0 radical (unpaired) electrons. The minimum absolute atomic E-state index is 0. The summed E-state index contributed by atoms with van der Waals surface area (Å²) in [6, 6.07) is 0. The summed E-state index contributed by atoms with van der Waals surface area (Å²) in [5, 5.41) is 8.21. The van der Waals surface area contributed by atoms with Crippen molar-refractivity contribution in [2.24, 2.45) is 0 Å². The van der Waals surface area contributed by atoms with E-state index in [0.29, 0.717) is 0 Å². The number of hydrogen-bond donors (Lipinski definition) is 1. The van der Waals surface area contributed by atoms with Gasteiger partial charge in [0.15, 0.2) is 0 Å². The molecule has 0 rings (SSSR count). The summed E-state index contributed by atoms with van der Waals surface area (Å²) in [5.74, 6) is -1.01. The second kappa shape index (κ2) is 5.57. The van der Waals surface area contributed by atoms with Gasteiger partial charge in [0.1, 0.15) is 0 Å². The summed E-state index contributed by atoms with van der Waals surface area (Å²) < 4.78 is 0. The number of carboxylic acids is 1. The number of allylic oxidation sites excluding steroid dienone is 1. The Labute approximate surface area is 73.0 Å². The van der Waals surface area contributed by atoms with Gasteiger partial charge in [-0.15, -0.1) is 0 Å². The molecule has 0 fully saturated rings. The molecule has 1 N–H and O–H groups in total. The second-order valence-corrected chi connectivity index (χ2v) is 1.67. The fourth-order valence-corrected chi connectivity index (χ4v) is 0.263. The molecule has 0 bridgehead atoms. The minimum atomic E-state index is -1.01. The fraction of sp³-hybridized carbons (Fsp3) is 0.250. The van der Waals surface area contributed by atoms with Crippen molar-refractivity contribution in [3.8, 4) is 0 Å². The van der Waals surface area contributed by atoms with Gasteiger partial charge >= 0.3 is 5.97 Å². The average molecular weight is 321 g/mol. The van der Waals surface area contributed by atoms with Crippen molar-refractivity contribution in [3.05, 3.63) is 11.1 Å². The molecule has 0 aliphatic rings. The fourth-order valence-electron chi connectivity index (χ4n) is 0.170. The Morgan fingerprint density at radius 1 is 1.75 bits per heavy atom. The minimum Gasteiger partial charge on any atom is -0.478 e. The van der Waals surface area contributed by atoms with Crippen molar-refractivity contribution >= 4 is 17.6 Å². The molecular formula is C4H5ClHgO2. The smallest absolute Gasteiger partial charge is 0.329 e. The molecule has 0 amide bonds. The van der Waals surface area contributed by atoms with Crippen LogP contribution in [0.5, 0.6) is 0 Å². The Hall–Kier alpha value is 0.435. The summed E-state index contributed by atoms with van der Waals surface area (Å²) in [4.78, 5) is 9.65. The van der Waals surface area contributed by atoms with Crippen molar-refractivity contribution in [1.29, 1.82) is 0 Å². The van der Waals surface area contributed by atoms with Gasteiger partial charge in [-0.05, 0) is 6.92 Å². The molecule has 0 aromatic carbocycles. The zero-order valence-corrected chi connectivity index (χ0v) is 10.8. The van der Waals surface area contributed by atoms with E-state index in [2.05, 4.69) is 0 Å². The molecule has 2 nitrogen and oxygen atoms in total. The van der Waals surface area contributed by atoms with E-state index in [1.54, 1.807) is 0 Å². The second-order valence-electron chi connectivity index (χ2n) is 1.07. The van der Waals surface area contributed by atoms with E-state index < -0.39 is 5.97 Å². The maximum Gasteiger partial charge on any atom is 0.329 e. The van der Waals surface area contributed by atoms with Crippen molar-refractivity contribution < 1.29 is 37.6 Å². The van der Waals surface area contributed by atoms with Gasteiger partial charge in [0.2, 0.25) is 0 Å². The Morgan fingerprint density at radius 3 is 2.12 bits per heavy atom. The SMILES string of the molecule is C/C(Cl)=C/C(=O)O.[Hg]. The molecule has 0 aliphatic carbocycles. The molecule has 0 aromatic heterocycles. The maximum atomic E-state index is 9.65. The van der Waals surface area contributed by atoms with Crippen molar-refractivity contribution in [3.63, 3.8) is 0 Å². The largest absolute Gasteiger partial charge is 0.478 e. The van der Waals surface area contributed by atoms with E-state index in [4.69, 9.17) is 16.7 Å². The quantitative estimate of drug-likeness (QED) is 0.582. The number of halogens is 1. The van der Waals surface area contributed by atoms with Crippen LogP contribution >= 0.6 is 11.6 Å². The Morgan fingerprint density at radius 2 is 2.12 bits per heavy atom. The van der Waals surface area contributed by atoms with E-state index in [9.17, 15) is 4.79 Å². The molecule has 0 saturated carbocycles. The molecule has 0 unspecified atom stereocenters. The van der Waals surface area contributed by atoms with E-state index in [1.807, 2.05) is 0 Å². The van der Waals surface area contributed by atoms with Gasteiger partial charge in [-0.2, -0.15) is 0 Å².